The topological polar surface area (TPSA) is 44.9 Å². The molecule has 0 aliphatic carbocycles. The number of aromatic nitrogens is 2. The number of fused-ring (bicyclic) bond motifs is 1. The molecule has 4 nitrogen and oxygen atoms in total. The van der Waals surface area contributed by atoms with Crippen molar-refractivity contribution in [2.75, 3.05) is 13.6 Å². The lowest BCUT2D eigenvalue weighted by atomic mass is 10.1. The molecule has 90 valence electrons. The lowest BCUT2D eigenvalue weighted by Crippen LogP contribution is -2.27. The van der Waals surface area contributed by atoms with Crippen molar-refractivity contribution >= 4 is 0 Å². The second kappa shape index (κ2) is 4.28. The molecule has 0 bridgehead atoms. The summed E-state index contributed by atoms with van der Waals surface area (Å²) in [5.74, 6) is 0. The smallest absolute Gasteiger partial charge is 0.167 e. The van der Waals surface area contributed by atoms with Crippen LogP contribution in [0, 0.1) is 11.3 Å². The first-order valence-electron chi connectivity index (χ1n) is 6.04. The number of hydrogen-bond donors (Lipinski definition) is 0. The van der Waals surface area contributed by atoms with Crippen LogP contribution in [0.25, 0.3) is 5.69 Å². The molecule has 0 radical (unpaired) electrons. The Hall–Kier alpha value is -2.12. The van der Waals surface area contributed by atoms with Crippen molar-refractivity contribution in [2.45, 2.75) is 13.0 Å². The summed E-state index contributed by atoms with van der Waals surface area (Å²) in [6, 6.07) is 12.2. The third-order valence-corrected chi connectivity index (χ3v) is 3.35. The Kier molecular flexibility index (Phi) is 2.62. The Morgan fingerprint density at radius 1 is 1.28 bits per heavy atom. The van der Waals surface area contributed by atoms with Gasteiger partial charge < -0.3 is 4.90 Å². The molecule has 1 aromatic carbocycles. The Bertz CT molecular complexity index is 607. The number of nitriles is 1. The molecule has 0 saturated heterocycles. The maximum absolute atomic E-state index is 9.20. The van der Waals surface area contributed by atoms with Crippen LogP contribution in [0.15, 0.2) is 30.3 Å². The molecule has 4 heteroatoms. The van der Waals surface area contributed by atoms with E-state index in [0.29, 0.717) is 5.69 Å². The molecule has 0 fully saturated rings. The molecular weight excluding hydrogens is 224 g/mol. The summed E-state index contributed by atoms with van der Waals surface area (Å²) in [6.07, 6.45) is 0.940. The van der Waals surface area contributed by atoms with Gasteiger partial charge in [-0.1, -0.05) is 18.2 Å². The predicted molar refractivity (Wildman–Crippen MR) is 68.3 cm³/mol. The molecule has 0 spiro atoms. The van der Waals surface area contributed by atoms with Crippen molar-refractivity contribution in [3.8, 4) is 11.8 Å². The molecule has 1 aliphatic heterocycles. The summed E-state index contributed by atoms with van der Waals surface area (Å²) in [5, 5.41) is 13.6. The van der Waals surface area contributed by atoms with Gasteiger partial charge in [0.2, 0.25) is 0 Å². The fourth-order valence-electron chi connectivity index (χ4n) is 2.43. The fraction of sp³-hybridized carbons (Fsp3) is 0.286. The third-order valence-electron chi connectivity index (χ3n) is 3.35. The lowest BCUT2D eigenvalue weighted by molar-refractivity contribution is 0.310. The van der Waals surface area contributed by atoms with E-state index in [9.17, 15) is 5.26 Å². The molecule has 0 atom stereocenters. The van der Waals surface area contributed by atoms with Gasteiger partial charge in [-0.2, -0.15) is 10.4 Å². The van der Waals surface area contributed by atoms with E-state index in [1.165, 1.54) is 5.69 Å². The van der Waals surface area contributed by atoms with Gasteiger partial charge in [-0.25, -0.2) is 4.68 Å². The minimum atomic E-state index is 0.556. The Morgan fingerprint density at radius 2 is 2.06 bits per heavy atom. The number of hydrogen-bond acceptors (Lipinski definition) is 3. The summed E-state index contributed by atoms with van der Waals surface area (Å²) >= 11 is 0. The van der Waals surface area contributed by atoms with Crippen molar-refractivity contribution in [3.63, 3.8) is 0 Å². The molecule has 0 amide bonds. The van der Waals surface area contributed by atoms with Crippen molar-refractivity contribution in [3.05, 3.63) is 47.3 Å². The Morgan fingerprint density at radius 3 is 2.78 bits per heavy atom. The van der Waals surface area contributed by atoms with Gasteiger partial charge in [0.15, 0.2) is 5.69 Å². The normalized spacial score (nSPS) is 15.1. The molecule has 2 heterocycles. The van der Waals surface area contributed by atoms with Gasteiger partial charge in [0.25, 0.3) is 0 Å². The monoisotopic (exact) mass is 238 g/mol. The molecule has 0 N–H and O–H groups in total. The number of likely N-dealkylation sites (N-methyl/N-ethyl adjacent to an activating group) is 1. The predicted octanol–water partition coefficient (Wildman–Crippen LogP) is 1.73. The summed E-state index contributed by atoms with van der Waals surface area (Å²) < 4.78 is 1.92. The highest BCUT2D eigenvalue weighted by molar-refractivity contribution is 5.42. The van der Waals surface area contributed by atoms with Crippen LogP contribution in [0.5, 0.6) is 0 Å². The SMILES string of the molecule is CN1CCc2c(c(C#N)nn2-c2ccccc2)C1. The van der Waals surface area contributed by atoms with Crippen LogP contribution in [0.3, 0.4) is 0 Å². The van der Waals surface area contributed by atoms with E-state index in [0.717, 1.165) is 30.8 Å². The molecule has 1 aromatic heterocycles. The Balaban J connectivity index is 2.15. The van der Waals surface area contributed by atoms with Gasteiger partial charge in [-0.05, 0) is 19.2 Å². The zero-order valence-electron chi connectivity index (χ0n) is 10.3. The molecule has 18 heavy (non-hydrogen) atoms. The number of nitrogens with zero attached hydrogens (tertiary/aromatic N) is 4. The van der Waals surface area contributed by atoms with E-state index < -0.39 is 0 Å². The van der Waals surface area contributed by atoms with Crippen molar-refractivity contribution in [1.82, 2.24) is 14.7 Å². The maximum atomic E-state index is 9.20. The van der Waals surface area contributed by atoms with Crippen LogP contribution in [0.2, 0.25) is 0 Å². The maximum Gasteiger partial charge on any atom is 0.167 e. The first-order chi connectivity index (χ1) is 8.79. The van der Waals surface area contributed by atoms with E-state index in [2.05, 4.69) is 23.1 Å². The zero-order chi connectivity index (χ0) is 12.5. The second-order valence-corrected chi connectivity index (χ2v) is 4.62. The summed E-state index contributed by atoms with van der Waals surface area (Å²) in [6.45, 7) is 1.82. The van der Waals surface area contributed by atoms with E-state index in [-0.39, 0.29) is 0 Å². The van der Waals surface area contributed by atoms with Crippen molar-refractivity contribution in [1.29, 1.82) is 5.26 Å². The van der Waals surface area contributed by atoms with Crippen molar-refractivity contribution < 1.29 is 0 Å². The zero-order valence-corrected chi connectivity index (χ0v) is 10.3. The highest BCUT2D eigenvalue weighted by Crippen LogP contribution is 2.24. The van der Waals surface area contributed by atoms with Gasteiger partial charge in [-0.15, -0.1) is 0 Å². The average molecular weight is 238 g/mol. The first kappa shape index (κ1) is 11.0. The standard InChI is InChI=1S/C14H14N4/c1-17-8-7-14-12(10-17)13(9-15)16-18(14)11-5-3-2-4-6-11/h2-6H,7-8,10H2,1H3. The van der Waals surface area contributed by atoms with Gasteiger partial charge in [0, 0.05) is 25.1 Å². The van der Waals surface area contributed by atoms with E-state index in [1.807, 2.05) is 35.0 Å². The molecule has 3 rings (SSSR count). The largest absolute Gasteiger partial charge is 0.302 e. The molecular formula is C14H14N4. The van der Waals surface area contributed by atoms with Crippen LogP contribution in [-0.2, 0) is 13.0 Å². The molecule has 1 aliphatic rings. The minimum absolute atomic E-state index is 0.556. The lowest BCUT2D eigenvalue weighted by Gasteiger charge is -2.23. The second-order valence-electron chi connectivity index (χ2n) is 4.62. The van der Waals surface area contributed by atoms with Crippen LogP contribution in [-0.4, -0.2) is 28.3 Å². The number of para-hydroxylation sites is 1. The van der Waals surface area contributed by atoms with Gasteiger partial charge in [0.05, 0.1) is 11.4 Å². The highest BCUT2D eigenvalue weighted by atomic mass is 15.3. The highest BCUT2D eigenvalue weighted by Gasteiger charge is 2.23. The number of rotatable bonds is 1. The van der Waals surface area contributed by atoms with Crippen LogP contribution in [0.1, 0.15) is 17.0 Å². The van der Waals surface area contributed by atoms with E-state index >= 15 is 0 Å². The summed E-state index contributed by atoms with van der Waals surface area (Å²) in [5.41, 5.74) is 3.84. The average Bonchev–Trinajstić information content (AvgIpc) is 2.77. The number of benzene rings is 1. The fourth-order valence-corrected chi connectivity index (χ4v) is 2.43. The minimum Gasteiger partial charge on any atom is -0.302 e. The summed E-state index contributed by atoms with van der Waals surface area (Å²) in [4.78, 5) is 2.22. The van der Waals surface area contributed by atoms with Gasteiger partial charge >= 0.3 is 0 Å². The van der Waals surface area contributed by atoms with Crippen molar-refractivity contribution in [2.24, 2.45) is 0 Å². The van der Waals surface area contributed by atoms with E-state index in [4.69, 9.17) is 0 Å². The van der Waals surface area contributed by atoms with Crippen LogP contribution in [0.4, 0.5) is 0 Å². The van der Waals surface area contributed by atoms with Gasteiger partial charge in [0.1, 0.15) is 6.07 Å². The molecule has 0 unspecified atom stereocenters. The first-order valence-corrected chi connectivity index (χ1v) is 6.04. The summed E-state index contributed by atoms with van der Waals surface area (Å²) in [7, 11) is 2.07. The molecule has 0 saturated carbocycles. The molecule has 2 aromatic rings. The van der Waals surface area contributed by atoms with Crippen LogP contribution >= 0.6 is 0 Å². The van der Waals surface area contributed by atoms with Gasteiger partial charge in [-0.3, -0.25) is 0 Å². The third kappa shape index (κ3) is 1.69. The van der Waals surface area contributed by atoms with E-state index in [1.54, 1.807) is 0 Å². The quantitative estimate of drug-likeness (QED) is 0.760. The Labute approximate surface area is 106 Å². The van der Waals surface area contributed by atoms with Crippen LogP contribution < -0.4 is 0 Å².